The second kappa shape index (κ2) is 5.60. The van der Waals surface area contributed by atoms with Gasteiger partial charge in [-0.25, -0.2) is 14.8 Å². The zero-order valence-electron chi connectivity index (χ0n) is 12.6. The first kappa shape index (κ1) is 14.3. The highest BCUT2D eigenvalue weighted by atomic mass is 16.4. The minimum absolute atomic E-state index is 0.129. The van der Waals surface area contributed by atoms with Crippen LogP contribution in [0.15, 0.2) is 6.20 Å². The molecule has 6 heteroatoms. The average Bonchev–Trinajstić information content (AvgIpc) is 2.93. The number of carboxylic acid groups (broad SMARTS) is 1. The van der Waals surface area contributed by atoms with E-state index in [2.05, 4.69) is 19.8 Å². The van der Waals surface area contributed by atoms with Crippen molar-refractivity contribution in [2.45, 2.75) is 38.6 Å². The Morgan fingerprint density at radius 2 is 2.19 bits per heavy atom. The van der Waals surface area contributed by atoms with E-state index in [0.717, 1.165) is 19.6 Å². The van der Waals surface area contributed by atoms with Gasteiger partial charge in [0.1, 0.15) is 5.82 Å². The topological polar surface area (TPSA) is 69.6 Å². The van der Waals surface area contributed by atoms with Crippen LogP contribution in [0.1, 0.15) is 48.9 Å². The van der Waals surface area contributed by atoms with E-state index in [1.54, 1.807) is 6.20 Å². The van der Waals surface area contributed by atoms with Gasteiger partial charge in [0, 0.05) is 31.6 Å². The predicted octanol–water partition coefficient (Wildman–Crippen LogP) is 1.58. The highest BCUT2D eigenvalue weighted by Crippen LogP contribution is 2.27. The van der Waals surface area contributed by atoms with Gasteiger partial charge in [0.15, 0.2) is 5.69 Å². The number of carbonyl (C=O) groups is 1. The van der Waals surface area contributed by atoms with Gasteiger partial charge in [-0.3, -0.25) is 4.90 Å². The highest BCUT2D eigenvalue weighted by molar-refractivity contribution is 5.92. The van der Waals surface area contributed by atoms with Crippen LogP contribution in [0, 0.1) is 0 Å². The number of piperazine rings is 1. The summed E-state index contributed by atoms with van der Waals surface area (Å²) in [5, 5.41) is 9.46. The van der Waals surface area contributed by atoms with Crippen LogP contribution in [0.5, 0.6) is 0 Å². The van der Waals surface area contributed by atoms with Crippen molar-refractivity contribution in [2.24, 2.45) is 0 Å². The van der Waals surface area contributed by atoms with Crippen LogP contribution < -0.4 is 4.90 Å². The third kappa shape index (κ3) is 2.72. The lowest BCUT2D eigenvalue weighted by molar-refractivity contribution is 0.0690. The molecule has 0 aliphatic carbocycles. The number of carboxylic acids is 1. The number of aromatic nitrogens is 2. The van der Waals surface area contributed by atoms with Crippen molar-refractivity contribution in [3.8, 4) is 0 Å². The molecule has 1 aromatic heterocycles. The fourth-order valence-corrected chi connectivity index (χ4v) is 3.27. The molecule has 0 saturated carbocycles. The molecule has 0 amide bonds. The zero-order chi connectivity index (χ0) is 15.0. The summed E-state index contributed by atoms with van der Waals surface area (Å²) >= 11 is 0. The molecular formula is C15H22N4O2. The first-order valence-corrected chi connectivity index (χ1v) is 7.65. The molecule has 3 heterocycles. The first-order valence-electron chi connectivity index (χ1n) is 7.65. The van der Waals surface area contributed by atoms with Gasteiger partial charge < -0.3 is 10.0 Å². The summed E-state index contributed by atoms with van der Waals surface area (Å²) in [5.41, 5.74) is 0.804. The van der Waals surface area contributed by atoms with Gasteiger partial charge in [-0.1, -0.05) is 13.8 Å². The maximum atomic E-state index is 11.5. The van der Waals surface area contributed by atoms with E-state index >= 15 is 0 Å². The molecule has 1 unspecified atom stereocenters. The number of hydrogen-bond donors (Lipinski definition) is 1. The van der Waals surface area contributed by atoms with E-state index in [1.165, 1.54) is 19.4 Å². The summed E-state index contributed by atoms with van der Waals surface area (Å²) in [4.78, 5) is 24.8. The summed E-state index contributed by atoms with van der Waals surface area (Å²) in [7, 11) is 0. The standard InChI is InChI=1S/C15H22N4O2/c1-10(2)14-16-8-12(13(17-14)15(20)21)19-7-6-18-5-3-4-11(18)9-19/h8,10-11H,3-7,9H2,1-2H3,(H,20,21). The molecule has 1 N–H and O–H groups in total. The lowest BCUT2D eigenvalue weighted by Crippen LogP contribution is -2.50. The van der Waals surface area contributed by atoms with Crippen LogP contribution in [0.2, 0.25) is 0 Å². The molecule has 114 valence electrons. The molecule has 0 bridgehead atoms. The number of hydrogen-bond acceptors (Lipinski definition) is 5. The molecule has 2 saturated heterocycles. The van der Waals surface area contributed by atoms with Gasteiger partial charge in [0.25, 0.3) is 0 Å². The van der Waals surface area contributed by atoms with E-state index in [4.69, 9.17) is 0 Å². The van der Waals surface area contributed by atoms with Crippen molar-refractivity contribution in [1.29, 1.82) is 0 Å². The molecular weight excluding hydrogens is 268 g/mol. The fourth-order valence-electron chi connectivity index (χ4n) is 3.27. The minimum atomic E-state index is -0.969. The van der Waals surface area contributed by atoms with E-state index in [0.29, 0.717) is 17.6 Å². The molecule has 0 spiro atoms. The van der Waals surface area contributed by atoms with Crippen molar-refractivity contribution in [1.82, 2.24) is 14.9 Å². The summed E-state index contributed by atoms with van der Waals surface area (Å²) in [6.07, 6.45) is 4.13. The van der Waals surface area contributed by atoms with Crippen LogP contribution in [-0.4, -0.2) is 58.2 Å². The third-order valence-corrected chi connectivity index (χ3v) is 4.44. The Balaban J connectivity index is 1.89. The van der Waals surface area contributed by atoms with Gasteiger partial charge in [-0.15, -0.1) is 0 Å². The van der Waals surface area contributed by atoms with Crippen LogP contribution in [0.3, 0.4) is 0 Å². The number of aromatic carboxylic acids is 1. The number of nitrogens with zero attached hydrogens (tertiary/aromatic N) is 4. The molecule has 21 heavy (non-hydrogen) atoms. The van der Waals surface area contributed by atoms with E-state index in [1.807, 2.05) is 13.8 Å². The SMILES string of the molecule is CC(C)c1ncc(N2CCN3CCCC3C2)c(C(=O)O)n1. The van der Waals surface area contributed by atoms with Crippen molar-refractivity contribution in [3.63, 3.8) is 0 Å². The van der Waals surface area contributed by atoms with Crippen molar-refractivity contribution in [3.05, 3.63) is 17.7 Å². The van der Waals surface area contributed by atoms with Gasteiger partial charge in [-0.2, -0.15) is 0 Å². The molecule has 0 aromatic carbocycles. The molecule has 6 nitrogen and oxygen atoms in total. The lowest BCUT2D eigenvalue weighted by atomic mass is 10.1. The maximum Gasteiger partial charge on any atom is 0.356 e. The Kier molecular flexibility index (Phi) is 3.80. The van der Waals surface area contributed by atoms with E-state index in [9.17, 15) is 9.90 Å². The molecule has 2 aliphatic rings. The lowest BCUT2D eigenvalue weighted by Gasteiger charge is -2.38. The normalized spacial score (nSPS) is 22.6. The van der Waals surface area contributed by atoms with Gasteiger partial charge in [-0.05, 0) is 19.4 Å². The molecule has 1 atom stereocenters. The largest absolute Gasteiger partial charge is 0.476 e. The smallest absolute Gasteiger partial charge is 0.356 e. The Hall–Kier alpha value is -1.69. The van der Waals surface area contributed by atoms with Gasteiger partial charge >= 0.3 is 5.97 Å². The summed E-state index contributed by atoms with van der Waals surface area (Å²) < 4.78 is 0. The summed E-state index contributed by atoms with van der Waals surface area (Å²) in [6.45, 7) is 7.84. The average molecular weight is 290 g/mol. The van der Waals surface area contributed by atoms with Crippen LogP contribution in [0.4, 0.5) is 5.69 Å². The Labute approximate surface area is 124 Å². The van der Waals surface area contributed by atoms with Gasteiger partial charge in [0.2, 0.25) is 0 Å². The number of fused-ring (bicyclic) bond motifs is 1. The van der Waals surface area contributed by atoms with Crippen molar-refractivity contribution in [2.75, 3.05) is 31.1 Å². The van der Waals surface area contributed by atoms with Crippen LogP contribution in [-0.2, 0) is 0 Å². The molecule has 2 aliphatic heterocycles. The molecule has 0 radical (unpaired) electrons. The van der Waals surface area contributed by atoms with Crippen molar-refractivity contribution >= 4 is 11.7 Å². The second-order valence-electron chi connectivity index (χ2n) is 6.20. The van der Waals surface area contributed by atoms with Crippen LogP contribution in [0.25, 0.3) is 0 Å². The molecule has 3 rings (SSSR count). The quantitative estimate of drug-likeness (QED) is 0.911. The van der Waals surface area contributed by atoms with Gasteiger partial charge in [0.05, 0.1) is 11.9 Å². The molecule has 1 aromatic rings. The number of anilines is 1. The Bertz CT molecular complexity index is 546. The van der Waals surface area contributed by atoms with E-state index < -0.39 is 5.97 Å². The second-order valence-corrected chi connectivity index (χ2v) is 6.20. The third-order valence-electron chi connectivity index (χ3n) is 4.44. The Morgan fingerprint density at radius 1 is 1.38 bits per heavy atom. The predicted molar refractivity (Wildman–Crippen MR) is 79.9 cm³/mol. The zero-order valence-corrected chi connectivity index (χ0v) is 12.6. The Morgan fingerprint density at radius 3 is 2.90 bits per heavy atom. The summed E-state index contributed by atoms with van der Waals surface area (Å²) in [6, 6.07) is 0.546. The fraction of sp³-hybridized carbons (Fsp3) is 0.667. The first-order chi connectivity index (χ1) is 10.1. The van der Waals surface area contributed by atoms with Crippen LogP contribution >= 0.6 is 0 Å². The number of rotatable bonds is 3. The minimum Gasteiger partial charge on any atom is -0.476 e. The van der Waals surface area contributed by atoms with E-state index in [-0.39, 0.29) is 11.6 Å². The monoisotopic (exact) mass is 290 g/mol. The highest BCUT2D eigenvalue weighted by Gasteiger charge is 2.32. The molecule has 2 fully saturated rings. The summed E-state index contributed by atoms with van der Waals surface area (Å²) in [5.74, 6) is -0.248. The maximum absolute atomic E-state index is 11.5. The van der Waals surface area contributed by atoms with Crippen molar-refractivity contribution < 1.29 is 9.90 Å².